The molecule has 0 aromatic carbocycles. The molecule has 80 valence electrons. The summed E-state index contributed by atoms with van der Waals surface area (Å²) in [4.78, 5) is 5.85. The van der Waals surface area contributed by atoms with Gasteiger partial charge in [-0.15, -0.1) is 11.3 Å². The Morgan fingerprint density at radius 3 is 2.64 bits per heavy atom. The second-order valence-electron chi connectivity index (χ2n) is 3.39. The third kappa shape index (κ3) is 3.26. The first-order valence-corrected chi connectivity index (χ1v) is 6.83. The molecule has 0 radical (unpaired) electrons. The highest BCUT2D eigenvalue weighted by Gasteiger charge is 2.08. The Labute approximate surface area is 94.3 Å². The van der Waals surface area contributed by atoms with Crippen molar-refractivity contribution in [1.82, 2.24) is 4.98 Å². The summed E-state index contributed by atoms with van der Waals surface area (Å²) in [5, 5.41) is 1.89. The fourth-order valence-corrected chi connectivity index (χ4v) is 2.98. The minimum atomic E-state index is 0.632. The van der Waals surface area contributed by atoms with Crippen molar-refractivity contribution >= 4 is 23.1 Å². The topological polar surface area (TPSA) is 38.9 Å². The molecule has 0 aliphatic rings. The summed E-state index contributed by atoms with van der Waals surface area (Å²) >= 11 is 3.70. The third-order valence-corrected chi connectivity index (χ3v) is 4.29. The van der Waals surface area contributed by atoms with Crippen molar-refractivity contribution in [3.8, 4) is 0 Å². The minimum Gasteiger partial charge on any atom is -0.326 e. The standard InChI is InChI=1S/C10H18N2S2/c1-4-8-9(5-11)14-10(12-8)6-13-7(2)3/h7H,4-6,11H2,1-3H3. The van der Waals surface area contributed by atoms with Gasteiger partial charge in [0.25, 0.3) is 0 Å². The van der Waals surface area contributed by atoms with E-state index in [1.165, 1.54) is 15.6 Å². The van der Waals surface area contributed by atoms with Crippen molar-refractivity contribution in [1.29, 1.82) is 0 Å². The molecule has 14 heavy (non-hydrogen) atoms. The summed E-state index contributed by atoms with van der Waals surface area (Å²) in [6.45, 7) is 7.19. The summed E-state index contributed by atoms with van der Waals surface area (Å²) in [5.41, 5.74) is 6.85. The fraction of sp³-hybridized carbons (Fsp3) is 0.700. The molecule has 0 saturated carbocycles. The van der Waals surface area contributed by atoms with E-state index in [4.69, 9.17) is 5.73 Å². The molecule has 1 rings (SSSR count). The van der Waals surface area contributed by atoms with E-state index in [9.17, 15) is 0 Å². The zero-order chi connectivity index (χ0) is 10.6. The average molecular weight is 230 g/mol. The van der Waals surface area contributed by atoms with E-state index >= 15 is 0 Å². The molecule has 1 heterocycles. The van der Waals surface area contributed by atoms with Gasteiger partial charge in [0.05, 0.1) is 5.69 Å². The summed E-state index contributed by atoms with van der Waals surface area (Å²) in [5.74, 6) is 1.02. The second kappa shape index (κ2) is 5.73. The zero-order valence-electron chi connectivity index (χ0n) is 9.04. The first kappa shape index (κ1) is 12.0. The maximum absolute atomic E-state index is 5.66. The predicted molar refractivity (Wildman–Crippen MR) is 65.8 cm³/mol. The summed E-state index contributed by atoms with van der Waals surface area (Å²) in [6, 6.07) is 0. The Morgan fingerprint density at radius 1 is 1.50 bits per heavy atom. The SMILES string of the molecule is CCc1nc(CSC(C)C)sc1CN. The maximum atomic E-state index is 5.66. The van der Waals surface area contributed by atoms with Crippen LogP contribution in [-0.4, -0.2) is 10.2 Å². The monoisotopic (exact) mass is 230 g/mol. The van der Waals surface area contributed by atoms with Gasteiger partial charge in [-0.1, -0.05) is 20.8 Å². The largest absolute Gasteiger partial charge is 0.326 e. The molecule has 4 heteroatoms. The number of thiazole rings is 1. The van der Waals surface area contributed by atoms with E-state index in [0.717, 1.165) is 12.2 Å². The van der Waals surface area contributed by atoms with E-state index in [1.54, 1.807) is 11.3 Å². The Bertz CT molecular complexity index is 260. The Balaban J connectivity index is 2.64. The van der Waals surface area contributed by atoms with Crippen LogP contribution >= 0.6 is 23.1 Å². The molecular formula is C10H18N2S2. The van der Waals surface area contributed by atoms with Gasteiger partial charge in [-0.05, 0) is 11.7 Å². The van der Waals surface area contributed by atoms with Crippen LogP contribution in [0.15, 0.2) is 0 Å². The van der Waals surface area contributed by atoms with Gasteiger partial charge >= 0.3 is 0 Å². The van der Waals surface area contributed by atoms with Crippen LogP contribution < -0.4 is 5.73 Å². The molecule has 0 spiro atoms. The molecule has 0 aliphatic carbocycles. The minimum absolute atomic E-state index is 0.632. The summed E-state index contributed by atoms with van der Waals surface area (Å²) in [7, 11) is 0. The van der Waals surface area contributed by atoms with Crippen LogP contribution in [0.4, 0.5) is 0 Å². The number of nitrogens with zero attached hydrogens (tertiary/aromatic N) is 1. The van der Waals surface area contributed by atoms with Crippen LogP contribution in [0.25, 0.3) is 0 Å². The molecule has 1 aromatic heterocycles. The summed E-state index contributed by atoms with van der Waals surface area (Å²) < 4.78 is 0. The number of rotatable bonds is 5. The Hall–Kier alpha value is -0.0600. The lowest BCUT2D eigenvalue weighted by atomic mass is 10.3. The number of hydrogen-bond acceptors (Lipinski definition) is 4. The van der Waals surface area contributed by atoms with Crippen LogP contribution in [0, 0.1) is 0 Å². The normalized spacial score (nSPS) is 11.2. The molecule has 0 atom stereocenters. The van der Waals surface area contributed by atoms with Gasteiger partial charge in [0.1, 0.15) is 5.01 Å². The highest BCUT2D eigenvalue weighted by molar-refractivity contribution is 7.99. The van der Waals surface area contributed by atoms with Crippen LogP contribution in [-0.2, 0) is 18.7 Å². The van der Waals surface area contributed by atoms with E-state index in [1.807, 2.05) is 11.8 Å². The van der Waals surface area contributed by atoms with Gasteiger partial charge in [0.15, 0.2) is 0 Å². The zero-order valence-corrected chi connectivity index (χ0v) is 10.7. The van der Waals surface area contributed by atoms with Crippen LogP contribution in [0.1, 0.15) is 36.3 Å². The van der Waals surface area contributed by atoms with E-state index < -0.39 is 0 Å². The number of nitrogens with two attached hydrogens (primary N) is 1. The number of hydrogen-bond donors (Lipinski definition) is 1. The number of aromatic nitrogens is 1. The van der Waals surface area contributed by atoms with Crippen LogP contribution in [0.5, 0.6) is 0 Å². The second-order valence-corrected chi connectivity index (χ2v) is 6.13. The highest BCUT2D eigenvalue weighted by Crippen LogP contribution is 2.24. The van der Waals surface area contributed by atoms with Gasteiger partial charge in [0, 0.05) is 17.2 Å². The molecule has 2 N–H and O–H groups in total. The molecule has 0 bridgehead atoms. The molecule has 0 unspecified atom stereocenters. The van der Waals surface area contributed by atoms with Gasteiger partial charge in [-0.2, -0.15) is 11.8 Å². The molecule has 0 aliphatic heterocycles. The third-order valence-electron chi connectivity index (χ3n) is 1.88. The van der Waals surface area contributed by atoms with Crippen molar-refractivity contribution in [2.75, 3.05) is 0 Å². The number of thioether (sulfide) groups is 1. The molecule has 0 saturated heterocycles. The molecule has 2 nitrogen and oxygen atoms in total. The van der Waals surface area contributed by atoms with Gasteiger partial charge in [0.2, 0.25) is 0 Å². The van der Waals surface area contributed by atoms with E-state index in [2.05, 4.69) is 25.8 Å². The maximum Gasteiger partial charge on any atom is 0.103 e. The van der Waals surface area contributed by atoms with Gasteiger partial charge in [-0.25, -0.2) is 4.98 Å². The van der Waals surface area contributed by atoms with Crippen LogP contribution in [0.3, 0.4) is 0 Å². The van der Waals surface area contributed by atoms with Gasteiger partial charge < -0.3 is 5.73 Å². The molecule has 0 fully saturated rings. The smallest absolute Gasteiger partial charge is 0.103 e. The first-order valence-electron chi connectivity index (χ1n) is 4.96. The Kier molecular flexibility index (Phi) is 4.92. The lowest BCUT2D eigenvalue weighted by molar-refractivity contribution is 0.977. The molecule has 0 amide bonds. The average Bonchev–Trinajstić information content (AvgIpc) is 2.57. The predicted octanol–water partition coefficient (Wildman–Crippen LogP) is 2.81. The quantitative estimate of drug-likeness (QED) is 0.845. The number of aryl methyl sites for hydroxylation is 1. The van der Waals surface area contributed by atoms with Crippen LogP contribution in [0.2, 0.25) is 0 Å². The first-order chi connectivity index (χ1) is 6.67. The van der Waals surface area contributed by atoms with Gasteiger partial charge in [-0.3, -0.25) is 0 Å². The van der Waals surface area contributed by atoms with Crippen molar-refractivity contribution in [2.45, 2.75) is 44.7 Å². The summed E-state index contributed by atoms with van der Waals surface area (Å²) in [6.07, 6.45) is 0.995. The highest BCUT2D eigenvalue weighted by atomic mass is 32.2. The van der Waals surface area contributed by atoms with Crippen molar-refractivity contribution < 1.29 is 0 Å². The molecular weight excluding hydrogens is 212 g/mol. The van der Waals surface area contributed by atoms with Crippen molar-refractivity contribution in [3.05, 3.63) is 15.6 Å². The lowest BCUT2D eigenvalue weighted by Crippen LogP contribution is -1.96. The van der Waals surface area contributed by atoms with E-state index in [-0.39, 0.29) is 0 Å². The lowest BCUT2D eigenvalue weighted by Gasteiger charge is -2.00. The van der Waals surface area contributed by atoms with Crippen molar-refractivity contribution in [3.63, 3.8) is 0 Å². The molecule has 1 aromatic rings. The van der Waals surface area contributed by atoms with Crippen molar-refractivity contribution in [2.24, 2.45) is 5.73 Å². The Morgan fingerprint density at radius 2 is 2.21 bits per heavy atom. The fourth-order valence-electron chi connectivity index (χ4n) is 1.17. The van der Waals surface area contributed by atoms with E-state index in [0.29, 0.717) is 11.8 Å².